The maximum absolute atomic E-state index is 10.5. The maximum Gasteiger partial charge on any atom is 0.0719 e. The van der Waals surface area contributed by atoms with Crippen molar-refractivity contribution in [1.82, 2.24) is 4.90 Å². The van der Waals surface area contributed by atoms with Gasteiger partial charge in [-0.25, -0.2) is 0 Å². The van der Waals surface area contributed by atoms with Gasteiger partial charge in [0.05, 0.1) is 5.60 Å². The van der Waals surface area contributed by atoms with E-state index in [4.69, 9.17) is 4.74 Å². The molecule has 0 radical (unpaired) electrons. The second kappa shape index (κ2) is 7.62. The number of nitrogens with zero attached hydrogens (tertiary/aromatic N) is 1. The predicted molar refractivity (Wildman–Crippen MR) is 74.7 cm³/mol. The van der Waals surface area contributed by atoms with Gasteiger partial charge in [0.15, 0.2) is 0 Å². The van der Waals surface area contributed by atoms with Crippen molar-refractivity contribution in [3.8, 4) is 0 Å². The molecule has 0 aliphatic carbocycles. The Balaban J connectivity index is 2.32. The molecule has 3 nitrogen and oxygen atoms in total. The summed E-state index contributed by atoms with van der Waals surface area (Å²) >= 11 is 1.91. The third-order valence-corrected chi connectivity index (χ3v) is 4.57. The Morgan fingerprint density at radius 2 is 2.29 bits per heavy atom. The van der Waals surface area contributed by atoms with E-state index in [1.807, 2.05) is 11.8 Å². The van der Waals surface area contributed by atoms with Crippen LogP contribution in [0, 0.1) is 5.92 Å². The molecule has 0 aromatic carbocycles. The van der Waals surface area contributed by atoms with Crippen LogP contribution in [0.2, 0.25) is 0 Å². The van der Waals surface area contributed by atoms with Crippen molar-refractivity contribution in [1.29, 1.82) is 0 Å². The minimum Gasteiger partial charge on any atom is -0.389 e. The van der Waals surface area contributed by atoms with Crippen LogP contribution < -0.4 is 0 Å². The quantitative estimate of drug-likeness (QED) is 0.709. The molecule has 17 heavy (non-hydrogen) atoms. The third-order valence-electron chi connectivity index (χ3n) is 3.87. The van der Waals surface area contributed by atoms with Crippen LogP contribution in [-0.2, 0) is 4.74 Å². The second-order valence-electron chi connectivity index (χ2n) is 5.14. The zero-order valence-corrected chi connectivity index (χ0v) is 12.3. The second-order valence-corrected chi connectivity index (χ2v) is 6.13. The van der Waals surface area contributed by atoms with Crippen LogP contribution in [0.5, 0.6) is 0 Å². The van der Waals surface area contributed by atoms with Crippen LogP contribution in [0.1, 0.15) is 26.2 Å². The lowest BCUT2D eigenvalue weighted by Gasteiger charge is -2.43. The lowest BCUT2D eigenvalue weighted by molar-refractivity contribution is -0.0810. The summed E-state index contributed by atoms with van der Waals surface area (Å²) in [7, 11) is 1.70. The first-order valence-corrected chi connectivity index (χ1v) is 7.94. The number of ether oxygens (including phenoxy) is 1. The number of aliphatic hydroxyl groups is 1. The van der Waals surface area contributed by atoms with Gasteiger partial charge in [-0.05, 0) is 43.7 Å². The molecule has 1 fully saturated rings. The molecular formula is C13H27NO2S. The Bertz CT molecular complexity index is 216. The van der Waals surface area contributed by atoms with Crippen molar-refractivity contribution in [3.63, 3.8) is 0 Å². The first kappa shape index (κ1) is 15.3. The molecule has 4 heteroatoms. The first-order chi connectivity index (χ1) is 8.12. The Morgan fingerprint density at radius 1 is 1.53 bits per heavy atom. The van der Waals surface area contributed by atoms with Crippen LogP contribution in [0.25, 0.3) is 0 Å². The van der Waals surface area contributed by atoms with E-state index >= 15 is 0 Å². The van der Waals surface area contributed by atoms with Gasteiger partial charge in [0.25, 0.3) is 0 Å². The Hall–Kier alpha value is 0.230. The van der Waals surface area contributed by atoms with Crippen LogP contribution in [-0.4, -0.2) is 61.0 Å². The topological polar surface area (TPSA) is 32.7 Å². The molecule has 1 aliphatic heterocycles. The molecule has 0 aromatic heterocycles. The molecule has 1 heterocycles. The van der Waals surface area contributed by atoms with Gasteiger partial charge in [-0.1, -0.05) is 6.92 Å². The van der Waals surface area contributed by atoms with Crippen LogP contribution in [0.15, 0.2) is 0 Å². The lowest BCUT2D eigenvalue weighted by Crippen LogP contribution is -2.51. The lowest BCUT2D eigenvalue weighted by atomic mass is 9.80. The van der Waals surface area contributed by atoms with Crippen molar-refractivity contribution in [2.24, 2.45) is 5.92 Å². The van der Waals surface area contributed by atoms with E-state index in [0.717, 1.165) is 25.9 Å². The molecule has 1 saturated heterocycles. The van der Waals surface area contributed by atoms with Crippen molar-refractivity contribution >= 4 is 11.8 Å². The summed E-state index contributed by atoms with van der Waals surface area (Å²) in [5.74, 6) is 1.58. The predicted octanol–water partition coefficient (Wildman–Crippen LogP) is 1.85. The minimum atomic E-state index is -0.508. The van der Waals surface area contributed by atoms with Crippen molar-refractivity contribution in [2.45, 2.75) is 31.8 Å². The molecule has 1 rings (SSSR count). The number of hydrogen-bond acceptors (Lipinski definition) is 4. The standard InChI is InChI=1S/C13H27NO2S/c1-12-11-14(7-4-10-17-3)8-5-13(12,15)6-9-16-2/h12,15H,4-11H2,1-3H3/t12-,13-/m1/s1. The minimum absolute atomic E-state index is 0.348. The van der Waals surface area contributed by atoms with E-state index < -0.39 is 5.60 Å². The highest BCUT2D eigenvalue weighted by molar-refractivity contribution is 7.98. The molecule has 0 aromatic rings. The van der Waals surface area contributed by atoms with E-state index in [0.29, 0.717) is 12.5 Å². The van der Waals surface area contributed by atoms with Gasteiger partial charge in [-0.2, -0.15) is 11.8 Å². The average molecular weight is 261 g/mol. The zero-order valence-electron chi connectivity index (χ0n) is 11.4. The van der Waals surface area contributed by atoms with Gasteiger partial charge in [-0.15, -0.1) is 0 Å². The number of rotatable bonds is 7. The van der Waals surface area contributed by atoms with Gasteiger partial charge in [0.1, 0.15) is 0 Å². The normalized spacial score (nSPS) is 30.7. The summed E-state index contributed by atoms with van der Waals surface area (Å²) in [4.78, 5) is 2.49. The Morgan fingerprint density at radius 3 is 2.88 bits per heavy atom. The smallest absolute Gasteiger partial charge is 0.0719 e. The van der Waals surface area contributed by atoms with E-state index in [1.165, 1.54) is 18.7 Å². The highest BCUT2D eigenvalue weighted by Gasteiger charge is 2.37. The molecule has 0 spiro atoms. The fourth-order valence-electron chi connectivity index (χ4n) is 2.53. The highest BCUT2D eigenvalue weighted by atomic mass is 32.2. The summed E-state index contributed by atoms with van der Waals surface area (Å²) in [6.07, 6.45) is 5.06. The molecule has 2 atom stereocenters. The van der Waals surface area contributed by atoms with E-state index in [-0.39, 0.29) is 0 Å². The molecule has 0 bridgehead atoms. The first-order valence-electron chi connectivity index (χ1n) is 6.55. The summed E-state index contributed by atoms with van der Waals surface area (Å²) < 4.78 is 5.09. The summed E-state index contributed by atoms with van der Waals surface area (Å²) in [5.41, 5.74) is -0.508. The van der Waals surface area contributed by atoms with E-state index in [9.17, 15) is 5.11 Å². The van der Waals surface area contributed by atoms with E-state index in [2.05, 4.69) is 18.1 Å². The molecule has 0 unspecified atom stereocenters. The maximum atomic E-state index is 10.5. The monoisotopic (exact) mass is 261 g/mol. The van der Waals surface area contributed by atoms with Gasteiger partial charge in [0.2, 0.25) is 0 Å². The van der Waals surface area contributed by atoms with Crippen molar-refractivity contribution < 1.29 is 9.84 Å². The third kappa shape index (κ3) is 4.78. The van der Waals surface area contributed by atoms with Gasteiger partial charge in [-0.3, -0.25) is 0 Å². The fourth-order valence-corrected chi connectivity index (χ4v) is 2.95. The van der Waals surface area contributed by atoms with Crippen molar-refractivity contribution in [2.75, 3.05) is 45.4 Å². The summed E-state index contributed by atoms with van der Waals surface area (Å²) in [5, 5.41) is 10.5. The van der Waals surface area contributed by atoms with Crippen LogP contribution >= 0.6 is 11.8 Å². The molecule has 1 N–H and O–H groups in total. The van der Waals surface area contributed by atoms with Gasteiger partial charge < -0.3 is 14.7 Å². The van der Waals surface area contributed by atoms with Crippen LogP contribution in [0.4, 0.5) is 0 Å². The molecular weight excluding hydrogens is 234 g/mol. The zero-order chi connectivity index (χ0) is 12.7. The molecule has 1 aliphatic rings. The number of thioether (sulfide) groups is 1. The molecule has 0 amide bonds. The summed E-state index contributed by atoms with van der Waals surface area (Å²) in [6.45, 7) is 6.04. The number of piperidine rings is 1. The number of likely N-dealkylation sites (tertiary alicyclic amines) is 1. The number of methoxy groups -OCH3 is 1. The summed E-state index contributed by atoms with van der Waals surface area (Å²) in [6, 6.07) is 0. The average Bonchev–Trinajstić information content (AvgIpc) is 2.32. The van der Waals surface area contributed by atoms with E-state index in [1.54, 1.807) is 7.11 Å². The largest absolute Gasteiger partial charge is 0.389 e. The van der Waals surface area contributed by atoms with Gasteiger partial charge >= 0.3 is 0 Å². The Labute approximate surface area is 110 Å². The van der Waals surface area contributed by atoms with Crippen molar-refractivity contribution in [3.05, 3.63) is 0 Å². The number of hydrogen-bond donors (Lipinski definition) is 1. The van der Waals surface area contributed by atoms with Crippen LogP contribution in [0.3, 0.4) is 0 Å². The Kier molecular flexibility index (Phi) is 6.85. The van der Waals surface area contributed by atoms with Gasteiger partial charge in [0, 0.05) is 26.8 Å². The fraction of sp³-hybridized carbons (Fsp3) is 1.00. The molecule has 102 valence electrons. The SMILES string of the molecule is COCC[C@]1(O)CCN(CCCSC)C[C@H]1C. The molecule has 0 saturated carbocycles. The highest BCUT2D eigenvalue weighted by Crippen LogP contribution is 2.30.